The molecule has 0 aliphatic carbocycles. The van der Waals surface area contributed by atoms with Crippen LogP contribution in [0.2, 0.25) is 5.02 Å². The monoisotopic (exact) mass is 351 g/mol. The molecule has 3 rings (SSSR count). The molecule has 0 saturated carbocycles. The first-order valence-electron chi connectivity index (χ1n) is 7.88. The highest BCUT2D eigenvalue weighted by Crippen LogP contribution is 2.34. The fourth-order valence-electron chi connectivity index (χ4n) is 3.18. The lowest BCUT2D eigenvalue weighted by Gasteiger charge is -2.43. The molecule has 1 saturated heterocycles. The van der Waals surface area contributed by atoms with Crippen molar-refractivity contribution in [1.82, 2.24) is 4.90 Å². The Morgan fingerprint density at radius 1 is 1.09 bits per heavy atom. The molecular formula is C19H23Cl2NO. The molecule has 2 aromatic rings. The number of hydrogen-bond donors (Lipinski definition) is 0. The van der Waals surface area contributed by atoms with Crippen LogP contribution in [0.5, 0.6) is 0 Å². The van der Waals surface area contributed by atoms with E-state index in [1.165, 1.54) is 11.1 Å². The van der Waals surface area contributed by atoms with Crippen LogP contribution in [0.25, 0.3) is 0 Å². The van der Waals surface area contributed by atoms with E-state index in [-0.39, 0.29) is 18.0 Å². The molecule has 1 fully saturated rings. The Hall–Kier alpha value is -1.06. The average Bonchev–Trinajstić information content (AvgIpc) is 2.56. The van der Waals surface area contributed by atoms with Gasteiger partial charge in [0.05, 0.1) is 6.61 Å². The predicted octanol–water partition coefficient (Wildman–Crippen LogP) is 4.90. The minimum absolute atomic E-state index is 0. The number of nitrogens with zero attached hydrogens (tertiary/aromatic N) is 1. The number of rotatable bonds is 4. The summed E-state index contributed by atoms with van der Waals surface area (Å²) in [5, 5.41) is 0.770. The Morgan fingerprint density at radius 2 is 1.78 bits per heavy atom. The molecule has 4 heteroatoms. The van der Waals surface area contributed by atoms with Gasteiger partial charge in [0.1, 0.15) is 5.60 Å². The van der Waals surface area contributed by atoms with E-state index in [0.29, 0.717) is 0 Å². The molecule has 2 nitrogen and oxygen atoms in total. The summed E-state index contributed by atoms with van der Waals surface area (Å²) in [6.07, 6.45) is 0.958. The van der Waals surface area contributed by atoms with E-state index in [1.54, 1.807) is 0 Å². The number of morpholine rings is 1. The van der Waals surface area contributed by atoms with Crippen LogP contribution in [-0.4, -0.2) is 24.6 Å². The molecule has 1 aliphatic rings. The van der Waals surface area contributed by atoms with Gasteiger partial charge in [-0.05, 0) is 29.7 Å². The van der Waals surface area contributed by atoms with Crippen LogP contribution < -0.4 is 0 Å². The van der Waals surface area contributed by atoms with Crippen molar-refractivity contribution >= 4 is 24.0 Å². The molecule has 1 atom stereocenters. The minimum Gasteiger partial charge on any atom is -0.368 e. The van der Waals surface area contributed by atoms with Crippen molar-refractivity contribution < 1.29 is 4.74 Å². The molecular weight excluding hydrogens is 329 g/mol. The highest BCUT2D eigenvalue weighted by Gasteiger charge is 2.36. The van der Waals surface area contributed by atoms with Crippen molar-refractivity contribution in [3.05, 3.63) is 70.7 Å². The number of hydrogen-bond acceptors (Lipinski definition) is 2. The number of benzene rings is 2. The number of halogens is 2. The van der Waals surface area contributed by atoms with Gasteiger partial charge < -0.3 is 4.74 Å². The summed E-state index contributed by atoms with van der Waals surface area (Å²) >= 11 is 6.02. The van der Waals surface area contributed by atoms with E-state index in [9.17, 15) is 0 Å². The first-order valence-corrected chi connectivity index (χ1v) is 8.26. The zero-order chi connectivity index (χ0) is 15.4. The molecule has 1 aliphatic heterocycles. The van der Waals surface area contributed by atoms with Crippen LogP contribution in [0.15, 0.2) is 54.6 Å². The van der Waals surface area contributed by atoms with Gasteiger partial charge in [-0.1, -0.05) is 61.0 Å². The highest BCUT2D eigenvalue weighted by molar-refractivity contribution is 6.30. The maximum Gasteiger partial charge on any atom is 0.106 e. The van der Waals surface area contributed by atoms with E-state index >= 15 is 0 Å². The third-order valence-corrected chi connectivity index (χ3v) is 4.71. The van der Waals surface area contributed by atoms with Gasteiger partial charge in [0.2, 0.25) is 0 Å². The zero-order valence-corrected chi connectivity index (χ0v) is 14.9. The van der Waals surface area contributed by atoms with Gasteiger partial charge >= 0.3 is 0 Å². The molecule has 1 heterocycles. The van der Waals surface area contributed by atoms with Gasteiger partial charge in [0.15, 0.2) is 0 Å². The average molecular weight is 352 g/mol. The molecule has 0 amide bonds. The fourth-order valence-corrected chi connectivity index (χ4v) is 3.30. The fraction of sp³-hybridized carbons (Fsp3) is 0.368. The summed E-state index contributed by atoms with van der Waals surface area (Å²) < 4.78 is 6.22. The molecule has 0 spiro atoms. The van der Waals surface area contributed by atoms with Crippen LogP contribution in [0.1, 0.15) is 24.5 Å². The first kappa shape index (κ1) is 18.3. The zero-order valence-electron chi connectivity index (χ0n) is 13.4. The van der Waals surface area contributed by atoms with Crippen molar-refractivity contribution in [2.45, 2.75) is 25.5 Å². The van der Waals surface area contributed by atoms with Crippen LogP contribution in [0, 0.1) is 0 Å². The van der Waals surface area contributed by atoms with Crippen molar-refractivity contribution in [1.29, 1.82) is 0 Å². The SMILES string of the molecule is CCC1(c2ccc(Cl)cc2)CN(Cc2ccccc2)CCO1.Cl. The largest absolute Gasteiger partial charge is 0.368 e. The van der Waals surface area contributed by atoms with Crippen LogP contribution in [-0.2, 0) is 16.9 Å². The highest BCUT2D eigenvalue weighted by atomic mass is 35.5. The minimum atomic E-state index is -0.225. The van der Waals surface area contributed by atoms with Crippen molar-refractivity contribution in [2.24, 2.45) is 0 Å². The first-order chi connectivity index (χ1) is 10.7. The van der Waals surface area contributed by atoms with Gasteiger partial charge in [0.25, 0.3) is 0 Å². The standard InChI is InChI=1S/C19H22ClNO.ClH/c1-2-19(17-8-10-18(20)11-9-17)15-21(12-13-22-19)14-16-6-4-3-5-7-16;/h3-11H,2,12-15H2,1H3;1H. The molecule has 124 valence electrons. The quantitative estimate of drug-likeness (QED) is 0.776. The molecule has 1 unspecified atom stereocenters. The van der Waals surface area contributed by atoms with Gasteiger partial charge in [-0.15, -0.1) is 12.4 Å². The topological polar surface area (TPSA) is 12.5 Å². The Kier molecular flexibility index (Phi) is 6.49. The Labute approximate surface area is 149 Å². The summed E-state index contributed by atoms with van der Waals surface area (Å²) in [5.74, 6) is 0. The molecule has 23 heavy (non-hydrogen) atoms. The maximum atomic E-state index is 6.22. The lowest BCUT2D eigenvalue weighted by molar-refractivity contribution is -0.119. The predicted molar refractivity (Wildman–Crippen MR) is 98.3 cm³/mol. The van der Waals surface area contributed by atoms with Crippen LogP contribution >= 0.6 is 24.0 Å². The molecule has 0 aromatic heterocycles. The summed E-state index contributed by atoms with van der Waals surface area (Å²) in [6.45, 7) is 5.83. The summed E-state index contributed by atoms with van der Waals surface area (Å²) in [5.41, 5.74) is 2.35. The summed E-state index contributed by atoms with van der Waals surface area (Å²) in [4.78, 5) is 2.48. The summed E-state index contributed by atoms with van der Waals surface area (Å²) in [6, 6.07) is 18.7. The second-order valence-electron chi connectivity index (χ2n) is 5.90. The maximum absolute atomic E-state index is 6.22. The third-order valence-electron chi connectivity index (χ3n) is 4.46. The van der Waals surface area contributed by atoms with E-state index < -0.39 is 0 Å². The van der Waals surface area contributed by atoms with E-state index in [4.69, 9.17) is 16.3 Å². The molecule has 0 N–H and O–H groups in total. The van der Waals surface area contributed by atoms with Crippen LogP contribution in [0.3, 0.4) is 0 Å². The molecule has 0 bridgehead atoms. The lowest BCUT2D eigenvalue weighted by Crippen LogP contribution is -2.49. The normalized spacial score (nSPS) is 21.7. The molecule has 2 aromatic carbocycles. The van der Waals surface area contributed by atoms with E-state index in [0.717, 1.165) is 37.7 Å². The Morgan fingerprint density at radius 3 is 2.43 bits per heavy atom. The van der Waals surface area contributed by atoms with E-state index in [2.05, 4.69) is 54.3 Å². The van der Waals surface area contributed by atoms with Gasteiger partial charge in [0, 0.05) is 24.7 Å². The van der Waals surface area contributed by atoms with Gasteiger partial charge in [-0.3, -0.25) is 4.90 Å². The second-order valence-corrected chi connectivity index (χ2v) is 6.34. The smallest absolute Gasteiger partial charge is 0.106 e. The molecule has 0 radical (unpaired) electrons. The van der Waals surface area contributed by atoms with Crippen molar-refractivity contribution in [3.63, 3.8) is 0 Å². The Bertz CT molecular complexity index is 603. The third kappa shape index (κ3) is 4.27. The Balaban J connectivity index is 0.00000192. The second kappa shape index (κ2) is 8.16. The van der Waals surface area contributed by atoms with Crippen molar-refractivity contribution in [2.75, 3.05) is 19.7 Å². The lowest BCUT2D eigenvalue weighted by atomic mass is 9.89. The van der Waals surface area contributed by atoms with Crippen molar-refractivity contribution in [3.8, 4) is 0 Å². The summed E-state index contributed by atoms with van der Waals surface area (Å²) in [7, 11) is 0. The van der Waals surface area contributed by atoms with E-state index in [1.807, 2.05) is 12.1 Å². The van der Waals surface area contributed by atoms with Gasteiger partial charge in [-0.2, -0.15) is 0 Å². The number of ether oxygens (including phenoxy) is 1. The van der Waals surface area contributed by atoms with Crippen LogP contribution in [0.4, 0.5) is 0 Å². The van der Waals surface area contributed by atoms with Gasteiger partial charge in [-0.25, -0.2) is 0 Å².